The van der Waals surface area contributed by atoms with Crippen LogP contribution in [0.5, 0.6) is 0 Å². The molecule has 1 aromatic rings. The van der Waals surface area contributed by atoms with Gasteiger partial charge in [-0.25, -0.2) is 4.98 Å². The number of rotatable bonds is 9. The van der Waals surface area contributed by atoms with Crippen LogP contribution in [0.25, 0.3) is 0 Å². The van der Waals surface area contributed by atoms with Crippen molar-refractivity contribution >= 4 is 22.4 Å². The number of nitrogens with zero attached hydrogens (tertiary/aromatic N) is 1. The minimum absolute atomic E-state index is 0.233. The number of methoxy groups -OCH3 is 1. The summed E-state index contributed by atoms with van der Waals surface area (Å²) in [4.78, 5) is 15.4. The number of hydrogen-bond donors (Lipinski definition) is 1. The van der Waals surface area contributed by atoms with Crippen molar-refractivity contribution in [1.29, 1.82) is 0 Å². The van der Waals surface area contributed by atoms with Crippen LogP contribution in [0.1, 0.15) is 32.4 Å². The van der Waals surface area contributed by atoms with Gasteiger partial charge < -0.3 is 14.8 Å². The van der Waals surface area contributed by atoms with Gasteiger partial charge in [-0.05, 0) is 26.7 Å². The molecule has 0 amide bonds. The molecule has 108 valence electrons. The molecule has 1 heterocycles. The Morgan fingerprint density at radius 3 is 2.95 bits per heavy atom. The summed E-state index contributed by atoms with van der Waals surface area (Å²) in [7, 11) is 1.38. The maximum absolute atomic E-state index is 11.1. The van der Waals surface area contributed by atoms with Crippen LogP contribution in [-0.4, -0.2) is 37.3 Å². The van der Waals surface area contributed by atoms with Gasteiger partial charge in [-0.1, -0.05) is 0 Å². The molecule has 1 rings (SSSR count). The fraction of sp³-hybridized carbons (Fsp3) is 0.692. The average Bonchev–Trinajstić information content (AvgIpc) is 2.80. The quantitative estimate of drug-likeness (QED) is 0.558. The predicted molar refractivity (Wildman–Crippen MR) is 76.6 cm³/mol. The Hall–Kier alpha value is -1.14. The van der Waals surface area contributed by atoms with E-state index in [2.05, 4.69) is 15.0 Å². The van der Waals surface area contributed by atoms with Crippen molar-refractivity contribution < 1.29 is 14.3 Å². The molecule has 0 saturated carbocycles. The van der Waals surface area contributed by atoms with E-state index in [0.29, 0.717) is 6.10 Å². The first-order chi connectivity index (χ1) is 9.11. The molecule has 0 saturated heterocycles. The lowest BCUT2D eigenvalue weighted by atomic mass is 10.3. The lowest BCUT2D eigenvalue weighted by Crippen LogP contribution is -2.07. The molecule has 0 aliphatic carbocycles. The highest BCUT2D eigenvalue weighted by atomic mass is 32.1. The van der Waals surface area contributed by atoms with Crippen molar-refractivity contribution in [2.24, 2.45) is 0 Å². The van der Waals surface area contributed by atoms with Crippen molar-refractivity contribution in [3.8, 4) is 0 Å². The molecule has 6 heteroatoms. The fourth-order valence-electron chi connectivity index (χ4n) is 1.43. The molecule has 0 unspecified atom stereocenters. The summed E-state index contributed by atoms with van der Waals surface area (Å²) in [6.07, 6.45) is 2.61. The molecule has 0 aromatic carbocycles. The third-order valence-corrected chi connectivity index (χ3v) is 3.25. The standard InChI is InChI=1S/C13H22N2O3S/c1-10(2)18-7-5-4-6-14-13-15-11(9-19-13)8-12(16)17-3/h9-10H,4-8H2,1-3H3,(H,14,15). The summed E-state index contributed by atoms with van der Waals surface area (Å²) in [5.41, 5.74) is 0.752. The molecule has 0 atom stereocenters. The smallest absolute Gasteiger partial charge is 0.311 e. The molecule has 0 spiro atoms. The number of aromatic nitrogens is 1. The molecule has 0 aliphatic rings. The van der Waals surface area contributed by atoms with Crippen LogP contribution in [0, 0.1) is 0 Å². The molecule has 0 radical (unpaired) electrons. The highest BCUT2D eigenvalue weighted by Crippen LogP contribution is 2.16. The van der Waals surface area contributed by atoms with Crippen LogP contribution < -0.4 is 5.32 Å². The van der Waals surface area contributed by atoms with Crippen LogP contribution >= 0.6 is 11.3 Å². The second-order valence-corrected chi connectivity index (χ2v) is 5.31. The van der Waals surface area contributed by atoms with Gasteiger partial charge in [0.25, 0.3) is 0 Å². The maximum Gasteiger partial charge on any atom is 0.311 e. The van der Waals surface area contributed by atoms with Crippen LogP contribution in [0.4, 0.5) is 5.13 Å². The summed E-state index contributed by atoms with van der Waals surface area (Å²) < 4.78 is 10.1. The van der Waals surface area contributed by atoms with Gasteiger partial charge in [0.1, 0.15) is 0 Å². The Labute approximate surface area is 118 Å². The Morgan fingerprint density at radius 2 is 2.26 bits per heavy atom. The summed E-state index contributed by atoms with van der Waals surface area (Å²) in [6.45, 7) is 5.74. The lowest BCUT2D eigenvalue weighted by Gasteiger charge is -2.07. The third-order valence-electron chi connectivity index (χ3n) is 2.40. The van der Waals surface area contributed by atoms with Gasteiger partial charge in [-0.15, -0.1) is 11.3 Å². The van der Waals surface area contributed by atoms with E-state index in [1.807, 2.05) is 19.2 Å². The van der Waals surface area contributed by atoms with Crippen molar-refractivity contribution in [2.75, 3.05) is 25.6 Å². The molecule has 5 nitrogen and oxygen atoms in total. The second kappa shape index (κ2) is 8.87. The van der Waals surface area contributed by atoms with Gasteiger partial charge in [-0.3, -0.25) is 4.79 Å². The van der Waals surface area contributed by atoms with Gasteiger partial charge in [0, 0.05) is 18.5 Å². The molecule has 0 aliphatic heterocycles. The fourth-order valence-corrected chi connectivity index (χ4v) is 2.17. The summed E-state index contributed by atoms with van der Waals surface area (Å²) >= 11 is 1.51. The first-order valence-corrected chi connectivity index (χ1v) is 7.36. The third kappa shape index (κ3) is 7.12. The van der Waals surface area contributed by atoms with E-state index in [0.717, 1.165) is 36.8 Å². The van der Waals surface area contributed by atoms with E-state index in [-0.39, 0.29) is 12.4 Å². The first-order valence-electron chi connectivity index (χ1n) is 6.48. The Morgan fingerprint density at radius 1 is 1.47 bits per heavy atom. The zero-order chi connectivity index (χ0) is 14.1. The molecule has 0 fully saturated rings. The summed E-state index contributed by atoms with van der Waals surface area (Å²) in [5.74, 6) is -0.261. The number of carbonyl (C=O) groups is 1. The number of carbonyl (C=O) groups excluding carboxylic acids is 1. The molecular weight excluding hydrogens is 264 g/mol. The van der Waals surface area contributed by atoms with Crippen LogP contribution in [-0.2, 0) is 20.7 Å². The highest BCUT2D eigenvalue weighted by molar-refractivity contribution is 7.13. The zero-order valence-electron chi connectivity index (χ0n) is 11.8. The molecule has 19 heavy (non-hydrogen) atoms. The highest BCUT2D eigenvalue weighted by Gasteiger charge is 2.07. The molecular formula is C13H22N2O3S. The number of thiazole rings is 1. The Balaban J connectivity index is 2.14. The SMILES string of the molecule is COC(=O)Cc1csc(NCCCCOC(C)C)n1. The molecule has 1 N–H and O–H groups in total. The van der Waals surface area contributed by atoms with E-state index in [1.54, 1.807) is 0 Å². The Kier molecular flexibility index (Phi) is 7.43. The number of unbranched alkanes of at least 4 members (excludes halogenated alkanes) is 1. The van der Waals surface area contributed by atoms with Crippen molar-refractivity contribution in [2.45, 2.75) is 39.2 Å². The van der Waals surface area contributed by atoms with E-state index in [1.165, 1.54) is 18.4 Å². The normalized spacial score (nSPS) is 10.7. The van der Waals surface area contributed by atoms with Gasteiger partial charge in [0.2, 0.25) is 0 Å². The molecule has 0 bridgehead atoms. The van der Waals surface area contributed by atoms with Crippen molar-refractivity contribution in [1.82, 2.24) is 4.98 Å². The van der Waals surface area contributed by atoms with Crippen molar-refractivity contribution in [3.63, 3.8) is 0 Å². The predicted octanol–water partition coefficient (Wildman–Crippen LogP) is 2.48. The monoisotopic (exact) mass is 286 g/mol. The van der Waals surface area contributed by atoms with E-state index in [9.17, 15) is 4.79 Å². The number of anilines is 1. The van der Waals surface area contributed by atoms with Crippen LogP contribution in [0.2, 0.25) is 0 Å². The van der Waals surface area contributed by atoms with Gasteiger partial charge in [0.15, 0.2) is 5.13 Å². The average molecular weight is 286 g/mol. The largest absolute Gasteiger partial charge is 0.469 e. The second-order valence-electron chi connectivity index (χ2n) is 4.45. The first kappa shape index (κ1) is 15.9. The number of nitrogens with one attached hydrogen (secondary N) is 1. The van der Waals surface area contributed by atoms with E-state index < -0.39 is 0 Å². The van der Waals surface area contributed by atoms with E-state index >= 15 is 0 Å². The topological polar surface area (TPSA) is 60.5 Å². The number of ether oxygens (including phenoxy) is 2. The summed E-state index contributed by atoms with van der Waals surface area (Å²) in [5, 5.41) is 5.97. The van der Waals surface area contributed by atoms with Gasteiger partial charge >= 0.3 is 5.97 Å². The van der Waals surface area contributed by atoms with Gasteiger partial charge in [-0.2, -0.15) is 0 Å². The van der Waals surface area contributed by atoms with Gasteiger partial charge in [0.05, 0.1) is 25.3 Å². The maximum atomic E-state index is 11.1. The Bertz CT molecular complexity index is 380. The molecule has 1 aromatic heterocycles. The lowest BCUT2D eigenvalue weighted by molar-refractivity contribution is -0.139. The zero-order valence-corrected chi connectivity index (χ0v) is 12.6. The van der Waals surface area contributed by atoms with Crippen molar-refractivity contribution in [3.05, 3.63) is 11.1 Å². The summed E-state index contributed by atoms with van der Waals surface area (Å²) in [6, 6.07) is 0. The minimum Gasteiger partial charge on any atom is -0.469 e. The van der Waals surface area contributed by atoms with E-state index in [4.69, 9.17) is 4.74 Å². The minimum atomic E-state index is -0.261. The number of hydrogen-bond acceptors (Lipinski definition) is 6. The van der Waals surface area contributed by atoms with Crippen LogP contribution in [0.3, 0.4) is 0 Å². The van der Waals surface area contributed by atoms with Crippen LogP contribution in [0.15, 0.2) is 5.38 Å². The number of esters is 1.